The summed E-state index contributed by atoms with van der Waals surface area (Å²) < 4.78 is 5.92. The van der Waals surface area contributed by atoms with Gasteiger partial charge in [-0.2, -0.15) is 0 Å². The molecule has 1 unspecified atom stereocenters. The van der Waals surface area contributed by atoms with Crippen LogP contribution in [-0.4, -0.2) is 32.5 Å². The highest BCUT2D eigenvalue weighted by atomic mass is 79.9. The predicted molar refractivity (Wildman–Crippen MR) is 94.4 cm³/mol. The van der Waals surface area contributed by atoms with Crippen molar-refractivity contribution in [3.05, 3.63) is 58.1 Å². The molecule has 6 heteroatoms. The van der Waals surface area contributed by atoms with E-state index in [0.29, 0.717) is 17.9 Å². The lowest BCUT2D eigenvalue weighted by atomic mass is 10.1. The number of amides is 1. The molecule has 3 rings (SSSR count). The van der Waals surface area contributed by atoms with E-state index in [2.05, 4.69) is 15.9 Å². The van der Waals surface area contributed by atoms with E-state index in [-0.39, 0.29) is 0 Å². The molecule has 1 N–H and O–H groups in total. The fourth-order valence-corrected chi connectivity index (χ4v) is 3.46. The lowest BCUT2D eigenvalue weighted by Gasteiger charge is -2.22. The van der Waals surface area contributed by atoms with Crippen molar-refractivity contribution in [2.24, 2.45) is 0 Å². The molecule has 0 saturated heterocycles. The predicted octanol–water partition coefficient (Wildman–Crippen LogP) is 1.66. The third-order valence-electron chi connectivity index (χ3n) is 4.03. The molecule has 1 heterocycles. The van der Waals surface area contributed by atoms with E-state index in [0.717, 1.165) is 27.2 Å². The number of carbonyl (C=O) groups excluding carboxylic acids is 2. The Morgan fingerprint density at radius 3 is 2.50 bits per heavy atom. The van der Waals surface area contributed by atoms with Gasteiger partial charge >= 0.3 is 5.91 Å². The zero-order valence-corrected chi connectivity index (χ0v) is 15.1. The molecule has 0 bridgehead atoms. The summed E-state index contributed by atoms with van der Waals surface area (Å²) in [5.41, 5.74) is 2.27. The van der Waals surface area contributed by atoms with Crippen LogP contribution in [0.25, 0.3) is 0 Å². The molecule has 24 heavy (non-hydrogen) atoms. The second kappa shape index (κ2) is 6.75. The SMILES string of the molecule is COc1ccc(C[NH+](C)CN2C(=O)C(=O)c3cccc(Br)c32)cc1. The Bertz CT molecular complexity index is 789. The second-order valence-corrected chi connectivity index (χ2v) is 6.69. The van der Waals surface area contributed by atoms with E-state index >= 15 is 0 Å². The van der Waals surface area contributed by atoms with E-state index in [9.17, 15) is 9.59 Å². The monoisotopic (exact) mass is 389 g/mol. The largest absolute Gasteiger partial charge is 0.497 e. The lowest BCUT2D eigenvalue weighted by Crippen LogP contribution is -3.09. The number of carbonyl (C=O) groups is 2. The maximum absolute atomic E-state index is 12.3. The molecule has 1 atom stereocenters. The number of Topliss-reactive ketones (excluding diaryl/α,β-unsaturated/α-hetero) is 1. The first kappa shape index (κ1) is 16.7. The Morgan fingerprint density at radius 2 is 1.83 bits per heavy atom. The number of nitrogens with one attached hydrogen (secondary N) is 1. The summed E-state index contributed by atoms with van der Waals surface area (Å²) in [6.07, 6.45) is 0. The van der Waals surface area contributed by atoms with Gasteiger partial charge in [-0.1, -0.05) is 6.07 Å². The van der Waals surface area contributed by atoms with Gasteiger partial charge in [0.15, 0.2) is 6.67 Å². The smallest absolute Gasteiger partial charge is 0.303 e. The van der Waals surface area contributed by atoms with Crippen LogP contribution in [0.1, 0.15) is 15.9 Å². The first-order valence-corrected chi connectivity index (χ1v) is 8.39. The number of rotatable bonds is 5. The highest BCUT2D eigenvalue weighted by molar-refractivity contribution is 9.10. The number of benzene rings is 2. The molecule has 1 amide bonds. The number of halogens is 1. The second-order valence-electron chi connectivity index (χ2n) is 5.84. The number of hydrogen-bond donors (Lipinski definition) is 1. The van der Waals surface area contributed by atoms with Crippen molar-refractivity contribution in [3.8, 4) is 5.75 Å². The third-order valence-corrected chi connectivity index (χ3v) is 4.67. The maximum atomic E-state index is 12.3. The maximum Gasteiger partial charge on any atom is 0.303 e. The Morgan fingerprint density at radius 1 is 1.12 bits per heavy atom. The van der Waals surface area contributed by atoms with Crippen molar-refractivity contribution in [2.75, 3.05) is 25.7 Å². The number of ether oxygens (including phenoxy) is 1. The van der Waals surface area contributed by atoms with E-state index in [1.165, 1.54) is 0 Å². The zero-order valence-electron chi connectivity index (χ0n) is 13.5. The van der Waals surface area contributed by atoms with Crippen LogP contribution in [0.4, 0.5) is 5.69 Å². The first-order chi connectivity index (χ1) is 11.5. The number of nitrogens with zero attached hydrogens (tertiary/aromatic N) is 1. The highest BCUT2D eigenvalue weighted by Gasteiger charge is 2.38. The number of anilines is 1. The molecular formula is C18H18BrN2O3+. The van der Waals surface area contributed by atoms with Gasteiger partial charge in [0.2, 0.25) is 0 Å². The normalized spacial score (nSPS) is 14.7. The van der Waals surface area contributed by atoms with Gasteiger partial charge in [-0.25, -0.2) is 0 Å². The molecule has 0 fully saturated rings. The average Bonchev–Trinajstić information content (AvgIpc) is 2.82. The van der Waals surface area contributed by atoms with E-state index in [1.807, 2.05) is 37.4 Å². The number of para-hydroxylation sites is 1. The minimum atomic E-state index is -0.467. The highest BCUT2D eigenvalue weighted by Crippen LogP contribution is 2.35. The minimum absolute atomic E-state index is 0.423. The Balaban J connectivity index is 1.76. The molecular weight excluding hydrogens is 372 g/mol. The summed E-state index contributed by atoms with van der Waals surface area (Å²) >= 11 is 3.45. The summed E-state index contributed by atoms with van der Waals surface area (Å²) in [5.74, 6) is -0.0934. The van der Waals surface area contributed by atoms with Crippen LogP contribution in [0.15, 0.2) is 46.9 Å². The first-order valence-electron chi connectivity index (χ1n) is 7.60. The molecule has 0 aliphatic carbocycles. The molecule has 1 aliphatic rings. The summed E-state index contributed by atoms with van der Waals surface area (Å²) in [7, 11) is 3.63. The van der Waals surface area contributed by atoms with Crippen molar-refractivity contribution in [3.63, 3.8) is 0 Å². The van der Waals surface area contributed by atoms with Gasteiger partial charge in [0.25, 0.3) is 5.78 Å². The van der Waals surface area contributed by atoms with Gasteiger partial charge in [-0.05, 0) is 52.3 Å². The van der Waals surface area contributed by atoms with Crippen LogP contribution in [-0.2, 0) is 11.3 Å². The van der Waals surface area contributed by atoms with Crippen LogP contribution in [0.2, 0.25) is 0 Å². The van der Waals surface area contributed by atoms with Gasteiger partial charge in [0.1, 0.15) is 12.3 Å². The summed E-state index contributed by atoms with van der Waals surface area (Å²) in [5, 5.41) is 0. The molecule has 2 aromatic carbocycles. The molecule has 0 radical (unpaired) electrons. The third kappa shape index (κ3) is 3.07. The number of hydrogen-bond acceptors (Lipinski definition) is 3. The Labute approximate surface area is 148 Å². The van der Waals surface area contributed by atoms with Gasteiger partial charge in [0, 0.05) is 10.0 Å². The van der Waals surface area contributed by atoms with E-state index in [1.54, 1.807) is 24.1 Å². The fourth-order valence-electron chi connectivity index (χ4n) is 2.88. The number of quaternary nitrogens is 1. The van der Waals surface area contributed by atoms with Crippen LogP contribution in [0, 0.1) is 0 Å². The quantitative estimate of drug-likeness (QED) is 0.791. The number of methoxy groups -OCH3 is 1. The Kier molecular flexibility index (Phi) is 4.69. The lowest BCUT2D eigenvalue weighted by molar-refractivity contribution is -0.892. The minimum Gasteiger partial charge on any atom is -0.497 e. The molecule has 0 aromatic heterocycles. The standard InChI is InChI=1S/C18H17BrN2O3/c1-20(10-12-6-8-13(24-2)9-7-12)11-21-16-14(17(22)18(21)23)4-3-5-15(16)19/h3-9H,10-11H2,1-2H3/p+1. The van der Waals surface area contributed by atoms with Crippen molar-refractivity contribution in [1.29, 1.82) is 0 Å². The van der Waals surface area contributed by atoms with Crippen LogP contribution in [0.5, 0.6) is 5.75 Å². The fraction of sp³-hybridized carbons (Fsp3) is 0.222. The van der Waals surface area contributed by atoms with Crippen LogP contribution >= 0.6 is 15.9 Å². The summed E-state index contributed by atoms with van der Waals surface area (Å²) in [6.45, 7) is 1.16. The van der Waals surface area contributed by atoms with Crippen LogP contribution in [0.3, 0.4) is 0 Å². The average molecular weight is 390 g/mol. The van der Waals surface area contributed by atoms with Crippen molar-refractivity contribution >= 4 is 33.3 Å². The Hall–Kier alpha value is -2.18. The molecule has 124 valence electrons. The van der Waals surface area contributed by atoms with Gasteiger partial charge < -0.3 is 9.64 Å². The van der Waals surface area contributed by atoms with Gasteiger partial charge in [-0.15, -0.1) is 0 Å². The molecule has 2 aromatic rings. The molecule has 0 saturated carbocycles. The van der Waals surface area contributed by atoms with Gasteiger partial charge in [-0.3, -0.25) is 14.5 Å². The molecule has 0 spiro atoms. The molecule has 5 nitrogen and oxygen atoms in total. The van der Waals surface area contributed by atoms with Crippen LogP contribution < -0.4 is 14.5 Å². The van der Waals surface area contributed by atoms with Crippen molar-refractivity contribution < 1.29 is 19.2 Å². The van der Waals surface area contributed by atoms with E-state index in [4.69, 9.17) is 4.74 Å². The summed E-state index contributed by atoms with van der Waals surface area (Å²) in [4.78, 5) is 27.1. The molecule has 1 aliphatic heterocycles. The number of ketones is 1. The topological polar surface area (TPSA) is 51.1 Å². The van der Waals surface area contributed by atoms with E-state index < -0.39 is 11.7 Å². The number of fused-ring (bicyclic) bond motifs is 1. The van der Waals surface area contributed by atoms with Crippen molar-refractivity contribution in [2.45, 2.75) is 6.54 Å². The summed E-state index contributed by atoms with van der Waals surface area (Å²) in [6, 6.07) is 13.1. The zero-order chi connectivity index (χ0) is 17.3. The van der Waals surface area contributed by atoms with Gasteiger partial charge in [0.05, 0.1) is 25.4 Å². The van der Waals surface area contributed by atoms with Crippen molar-refractivity contribution in [1.82, 2.24) is 0 Å².